The molecule has 0 bridgehead atoms. The van der Waals surface area contributed by atoms with E-state index in [1.54, 1.807) is 7.11 Å². The SMILES string of the molecule is COC1=CC2=C(C=C(CC(=O)O)c3ccccc3C2)CC1. The number of hydrogen-bond acceptors (Lipinski definition) is 2. The van der Waals surface area contributed by atoms with Crippen LogP contribution in [0.5, 0.6) is 0 Å². The summed E-state index contributed by atoms with van der Waals surface area (Å²) in [5.74, 6) is 0.213. The van der Waals surface area contributed by atoms with Crippen LogP contribution in [-0.2, 0) is 16.0 Å². The number of allylic oxidation sites excluding steroid dienone is 5. The largest absolute Gasteiger partial charge is 0.501 e. The minimum absolute atomic E-state index is 0.0641. The molecule has 3 heteroatoms. The smallest absolute Gasteiger partial charge is 0.307 e. The van der Waals surface area contributed by atoms with Crippen molar-refractivity contribution < 1.29 is 14.6 Å². The minimum Gasteiger partial charge on any atom is -0.501 e. The molecule has 0 spiro atoms. The number of benzene rings is 1. The second-order valence-electron chi connectivity index (χ2n) is 5.44. The Hall–Kier alpha value is -2.29. The fourth-order valence-electron chi connectivity index (χ4n) is 3.06. The summed E-state index contributed by atoms with van der Waals surface area (Å²) in [5, 5.41) is 9.17. The number of carboxylic acid groups (broad SMARTS) is 1. The van der Waals surface area contributed by atoms with Crippen LogP contribution in [0, 0.1) is 0 Å². The molecular weight excluding hydrogens is 264 g/mol. The van der Waals surface area contributed by atoms with Gasteiger partial charge >= 0.3 is 5.97 Å². The summed E-state index contributed by atoms with van der Waals surface area (Å²) in [6.45, 7) is 0. The molecule has 3 nitrogen and oxygen atoms in total. The fourth-order valence-corrected chi connectivity index (χ4v) is 3.06. The molecule has 1 aromatic carbocycles. The summed E-state index contributed by atoms with van der Waals surface area (Å²) < 4.78 is 5.37. The van der Waals surface area contributed by atoms with Crippen molar-refractivity contribution in [2.24, 2.45) is 0 Å². The quantitative estimate of drug-likeness (QED) is 0.919. The van der Waals surface area contributed by atoms with E-state index in [-0.39, 0.29) is 6.42 Å². The van der Waals surface area contributed by atoms with E-state index in [9.17, 15) is 9.90 Å². The minimum atomic E-state index is -0.788. The van der Waals surface area contributed by atoms with Crippen molar-refractivity contribution >= 4 is 11.5 Å². The van der Waals surface area contributed by atoms with Crippen LogP contribution < -0.4 is 0 Å². The topological polar surface area (TPSA) is 46.5 Å². The first-order valence-electron chi connectivity index (χ1n) is 7.14. The lowest BCUT2D eigenvalue weighted by atomic mass is 9.93. The van der Waals surface area contributed by atoms with Crippen LogP contribution in [-0.4, -0.2) is 18.2 Å². The standard InChI is InChI=1S/C18H18O3/c1-21-16-7-6-12-8-15(11-18(19)20)17-5-3-2-4-13(17)9-14(12)10-16/h2-5,8,10H,6-7,9,11H2,1H3,(H,19,20). The third kappa shape index (κ3) is 2.77. The van der Waals surface area contributed by atoms with Crippen molar-refractivity contribution in [1.82, 2.24) is 0 Å². The second-order valence-corrected chi connectivity index (χ2v) is 5.44. The first kappa shape index (κ1) is 13.7. The number of methoxy groups -OCH3 is 1. The summed E-state index contributed by atoms with van der Waals surface area (Å²) in [6.07, 6.45) is 6.86. The third-order valence-electron chi connectivity index (χ3n) is 4.08. The van der Waals surface area contributed by atoms with Gasteiger partial charge in [-0.1, -0.05) is 30.3 Å². The Kier molecular flexibility index (Phi) is 3.65. The van der Waals surface area contributed by atoms with Crippen molar-refractivity contribution in [3.05, 3.63) is 64.4 Å². The van der Waals surface area contributed by atoms with Crippen LogP contribution in [0.15, 0.2) is 53.3 Å². The van der Waals surface area contributed by atoms with Gasteiger partial charge in [-0.15, -0.1) is 0 Å². The van der Waals surface area contributed by atoms with Gasteiger partial charge in [-0.25, -0.2) is 0 Å². The maximum atomic E-state index is 11.2. The van der Waals surface area contributed by atoms with Crippen LogP contribution in [0.4, 0.5) is 0 Å². The van der Waals surface area contributed by atoms with Crippen LogP contribution >= 0.6 is 0 Å². The van der Waals surface area contributed by atoms with Crippen molar-refractivity contribution in [2.45, 2.75) is 25.7 Å². The molecule has 0 aromatic heterocycles. The maximum absolute atomic E-state index is 11.2. The predicted octanol–water partition coefficient (Wildman–Crippen LogP) is 3.72. The molecule has 0 radical (unpaired) electrons. The Labute approximate surface area is 124 Å². The lowest BCUT2D eigenvalue weighted by Crippen LogP contribution is -2.01. The van der Waals surface area contributed by atoms with Crippen molar-refractivity contribution in [3.8, 4) is 0 Å². The summed E-state index contributed by atoms with van der Waals surface area (Å²) >= 11 is 0. The van der Waals surface area contributed by atoms with Gasteiger partial charge in [0, 0.05) is 6.42 Å². The zero-order valence-electron chi connectivity index (χ0n) is 12.1. The van der Waals surface area contributed by atoms with Crippen LogP contribution in [0.3, 0.4) is 0 Å². The van der Waals surface area contributed by atoms with Crippen molar-refractivity contribution in [3.63, 3.8) is 0 Å². The fraction of sp³-hybridized carbons (Fsp3) is 0.278. The summed E-state index contributed by atoms with van der Waals surface area (Å²) in [7, 11) is 1.70. The molecule has 0 fully saturated rings. The van der Waals surface area contributed by atoms with E-state index in [0.717, 1.165) is 36.2 Å². The number of carboxylic acids is 1. The van der Waals surface area contributed by atoms with Crippen LogP contribution in [0.1, 0.15) is 30.4 Å². The molecule has 0 aliphatic heterocycles. The first-order chi connectivity index (χ1) is 10.2. The number of ether oxygens (including phenoxy) is 1. The number of carbonyl (C=O) groups is 1. The maximum Gasteiger partial charge on any atom is 0.307 e. The van der Waals surface area contributed by atoms with E-state index >= 15 is 0 Å². The van der Waals surface area contributed by atoms with Crippen LogP contribution in [0.2, 0.25) is 0 Å². The average Bonchev–Trinajstić information content (AvgIpc) is 2.62. The molecule has 0 unspecified atom stereocenters. The average molecular weight is 282 g/mol. The summed E-state index contributed by atoms with van der Waals surface area (Å²) in [5.41, 5.74) is 5.62. The molecule has 1 aromatic rings. The van der Waals surface area contributed by atoms with Gasteiger partial charge in [0.2, 0.25) is 0 Å². The molecule has 1 N–H and O–H groups in total. The van der Waals surface area contributed by atoms with E-state index in [1.165, 1.54) is 16.7 Å². The molecule has 0 atom stereocenters. The Morgan fingerprint density at radius 2 is 2.00 bits per heavy atom. The number of aliphatic carboxylic acids is 1. The third-order valence-corrected chi connectivity index (χ3v) is 4.08. The Morgan fingerprint density at radius 1 is 1.19 bits per heavy atom. The molecule has 0 saturated carbocycles. The highest BCUT2D eigenvalue weighted by Crippen LogP contribution is 2.36. The summed E-state index contributed by atoms with van der Waals surface area (Å²) in [4.78, 5) is 11.2. The second kappa shape index (κ2) is 5.60. The molecule has 0 amide bonds. The predicted molar refractivity (Wildman–Crippen MR) is 81.7 cm³/mol. The molecule has 0 heterocycles. The first-order valence-corrected chi connectivity index (χ1v) is 7.14. The van der Waals surface area contributed by atoms with Gasteiger partial charge in [0.1, 0.15) is 0 Å². The molecule has 2 aliphatic carbocycles. The molecule has 108 valence electrons. The van der Waals surface area contributed by atoms with Gasteiger partial charge in [0.25, 0.3) is 0 Å². The molecule has 0 saturated heterocycles. The van der Waals surface area contributed by atoms with E-state index in [0.29, 0.717) is 0 Å². The lowest BCUT2D eigenvalue weighted by Gasteiger charge is -2.16. The molecule has 21 heavy (non-hydrogen) atoms. The van der Waals surface area contributed by atoms with E-state index in [4.69, 9.17) is 4.74 Å². The Morgan fingerprint density at radius 3 is 2.76 bits per heavy atom. The van der Waals surface area contributed by atoms with E-state index < -0.39 is 5.97 Å². The zero-order valence-corrected chi connectivity index (χ0v) is 12.1. The van der Waals surface area contributed by atoms with Crippen LogP contribution in [0.25, 0.3) is 5.57 Å². The Bertz CT molecular complexity index is 677. The van der Waals surface area contributed by atoms with Gasteiger partial charge in [-0.3, -0.25) is 4.79 Å². The number of rotatable bonds is 3. The van der Waals surface area contributed by atoms with Gasteiger partial charge < -0.3 is 9.84 Å². The number of fused-ring (bicyclic) bond motifs is 1. The van der Waals surface area contributed by atoms with Crippen molar-refractivity contribution in [2.75, 3.05) is 7.11 Å². The summed E-state index contributed by atoms with van der Waals surface area (Å²) in [6, 6.07) is 8.07. The van der Waals surface area contributed by atoms with Gasteiger partial charge in [-0.2, -0.15) is 0 Å². The highest BCUT2D eigenvalue weighted by atomic mass is 16.5. The monoisotopic (exact) mass is 282 g/mol. The van der Waals surface area contributed by atoms with Gasteiger partial charge in [-0.05, 0) is 46.8 Å². The molecule has 3 rings (SSSR count). The Balaban J connectivity index is 2.10. The molecular formula is C18H18O3. The number of hydrogen-bond donors (Lipinski definition) is 1. The highest BCUT2D eigenvalue weighted by molar-refractivity contribution is 5.86. The van der Waals surface area contributed by atoms with E-state index in [1.807, 2.05) is 18.2 Å². The zero-order chi connectivity index (χ0) is 14.8. The molecule has 2 aliphatic rings. The van der Waals surface area contributed by atoms with Crippen molar-refractivity contribution in [1.29, 1.82) is 0 Å². The normalized spacial score (nSPS) is 17.2. The highest BCUT2D eigenvalue weighted by Gasteiger charge is 2.20. The van der Waals surface area contributed by atoms with Gasteiger partial charge in [0.15, 0.2) is 0 Å². The van der Waals surface area contributed by atoms with Gasteiger partial charge in [0.05, 0.1) is 19.3 Å². The lowest BCUT2D eigenvalue weighted by molar-refractivity contribution is -0.135. The van der Waals surface area contributed by atoms with E-state index in [2.05, 4.69) is 18.2 Å².